The van der Waals surface area contributed by atoms with Gasteiger partial charge in [-0.15, -0.1) is 0 Å². The molecule has 1 heterocycles. The first-order chi connectivity index (χ1) is 5.16. The van der Waals surface area contributed by atoms with Crippen LogP contribution < -0.4 is 0 Å². The number of aryl methyl sites for hydroxylation is 2. The first kappa shape index (κ1) is 7.78. The average molecular weight is 153 g/mol. The van der Waals surface area contributed by atoms with Gasteiger partial charge in [0.2, 0.25) is 0 Å². The zero-order chi connectivity index (χ0) is 8.43. The number of nitrogens with zero attached hydrogens (tertiary/aromatic N) is 3. The van der Waals surface area contributed by atoms with Crippen molar-refractivity contribution >= 4 is 6.21 Å². The summed E-state index contributed by atoms with van der Waals surface area (Å²) in [6.07, 6.45) is 1.40. The largest absolute Gasteiger partial charge is 0.411 e. The molecule has 0 amide bonds. The van der Waals surface area contributed by atoms with E-state index in [4.69, 9.17) is 5.21 Å². The summed E-state index contributed by atoms with van der Waals surface area (Å²) in [5.74, 6) is 0. The Morgan fingerprint density at radius 2 is 2.18 bits per heavy atom. The first-order valence-corrected chi connectivity index (χ1v) is 3.34. The smallest absolute Gasteiger partial charge is 0.0770 e. The van der Waals surface area contributed by atoms with Crippen LogP contribution in [0.25, 0.3) is 0 Å². The van der Waals surface area contributed by atoms with E-state index in [-0.39, 0.29) is 0 Å². The Bertz CT molecular complexity index is 288. The molecule has 0 fully saturated rings. The molecule has 0 radical (unpaired) electrons. The van der Waals surface area contributed by atoms with Crippen LogP contribution in [-0.2, 0) is 7.05 Å². The maximum atomic E-state index is 8.31. The van der Waals surface area contributed by atoms with E-state index in [0.717, 1.165) is 17.0 Å². The monoisotopic (exact) mass is 153 g/mol. The Morgan fingerprint density at radius 3 is 2.55 bits per heavy atom. The maximum absolute atomic E-state index is 8.31. The Balaban J connectivity index is 3.22. The van der Waals surface area contributed by atoms with Crippen LogP contribution >= 0.6 is 0 Å². The molecule has 0 saturated heterocycles. The molecule has 1 aromatic rings. The van der Waals surface area contributed by atoms with Crippen LogP contribution in [0, 0.1) is 13.8 Å². The minimum absolute atomic E-state index is 0.878. The van der Waals surface area contributed by atoms with Crippen molar-refractivity contribution in [3.63, 3.8) is 0 Å². The number of rotatable bonds is 1. The highest BCUT2D eigenvalue weighted by molar-refractivity contribution is 5.81. The third-order valence-electron chi connectivity index (χ3n) is 1.75. The van der Waals surface area contributed by atoms with E-state index >= 15 is 0 Å². The molecule has 11 heavy (non-hydrogen) atoms. The van der Waals surface area contributed by atoms with Crippen molar-refractivity contribution in [2.75, 3.05) is 0 Å². The summed E-state index contributed by atoms with van der Waals surface area (Å²) in [7, 11) is 1.86. The summed E-state index contributed by atoms with van der Waals surface area (Å²) < 4.78 is 1.76. The van der Waals surface area contributed by atoms with E-state index in [1.807, 2.05) is 20.9 Å². The molecule has 4 nitrogen and oxygen atoms in total. The highest BCUT2D eigenvalue weighted by Crippen LogP contribution is 2.08. The fourth-order valence-corrected chi connectivity index (χ4v) is 1.03. The van der Waals surface area contributed by atoms with Gasteiger partial charge >= 0.3 is 0 Å². The van der Waals surface area contributed by atoms with Crippen LogP contribution in [0.2, 0.25) is 0 Å². The zero-order valence-corrected chi connectivity index (χ0v) is 6.87. The normalized spacial score (nSPS) is 11.2. The van der Waals surface area contributed by atoms with Gasteiger partial charge in [-0.2, -0.15) is 5.10 Å². The average Bonchev–Trinajstić information content (AvgIpc) is 2.17. The van der Waals surface area contributed by atoms with Crippen molar-refractivity contribution in [3.8, 4) is 0 Å². The van der Waals surface area contributed by atoms with Gasteiger partial charge in [-0.3, -0.25) is 4.68 Å². The number of hydrogen-bond acceptors (Lipinski definition) is 3. The van der Waals surface area contributed by atoms with E-state index in [1.165, 1.54) is 6.21 Å². The Kier molecular flexibility index (Phi) is 1.94. The van der Waals surface area contributed by atoms with Gasteiger partial charge in [0.15, 0.2) is 0 Å². The number of hydrogen-bond donors (Lipinski definition) is 1. The van der Waals surface area contributed by atoms with E-state index in [2.05, 4.69) is 10.3 Å². The van der Waals surface area contributed by atoms with E-state index in [9.17, 15) is 0 Å². The SMILES string of the molecule is Cc1nn(C)c(C)c1C=NO. The van der Waals surface area contributed by atoms with Crippen LogP contribution in [0.3, 0.4) is 0 Å². The quantitative estimate of drug-likeness (QED) is 0.369. The molecule has 0 aliphatic carbocycles. The predicted octanol–water partition coefficient (Wildman–Crippen LogP) is 0.845. The minimum Gasteiger partial charge on any atom is -0.411 e. The number of oxime groups is 1. The molecule has 0 atom stereocenters. The van der Waals surface area contributed by atoms with Gasteiger partial charge in [-0.25, -0.2) is 0 Å². The molecule has 0 bridgehead atoms. The van der Waals surface area contributed by atoms with Gasteiger partial charge in [0.1, 0.15) is 0 Å². The van der Waals surface area contributed by atoms with Crippen molar-refractivity contribution < 1.29 is 5.21 Å². The van der Waals surface area contributed by atoms with E-state index in [1.54, 1.807) is 4.68 Å². The Morgan fingerprint density at radius 1 is 1.55 bits per heavy atom. The molecule has 0 aliphatic rings. The fourth-order valence-electron chi connectivity index (χ4n) is 1.03. The molecule has 1 aromatic heterocycles. The topological polar surface area (TPSA) is 50.4 Å². The fraction of sp³-hybridized carbons (Fsp3) is 0.429. The van der Waals surface area contributed by atoms with Gasteiger partial charge in [-0.05, 0) is 13.8 Å². The van der Waals surface area contributed by atoms with E-state index < -0.39 is 0 Å². The number of aromatic nitrogens is 2. The highest BCUT2D eigenvalue weighted by Gasteiger charge is 2.05. The molecule has 4 heteroatoms. The maximum Gasteiger partial charge on any atom is 0.0770 e. The second-order valence-electron chi connectivity index (χ2n) is 2.45. The summed E-state index contributed by atoms with van der Waals surface area (Å²) in [5, 5.41) is 15.4. The van der Waals surface area contributed by atoms with Crippen molar-refractivity contribution in [2.45, 2.75) is 13.8 Å². The van der Waals surface area contributed by atoms with Crippen LogP contribution in [0.15, 0.2) is 5.16 Å². The summed E-state index contributed by atoms with van der Waals surface area (Å²) in [4.78, 5) is 0. The van der Waals surface area contributed by atoms with Gasteiger partial charge in [0.05, 0.1) is 11.9 Å². The summed E-state index contributed by atoms with van der Waals surface area (Å²) in [5.41, 5.74) is 2.76. The standard InChI is InChI=1S/C7H11N3O/c1-5-7(4-8-11)6(2)10(3)9-5/h4,11H,1-3H3. The predicted molar refractivity (Wildman–Crippen MR) is 42.1 cm³/mol. The van der Waals surface area contributed by atoms with Gasteiger partial charge in [0.25, 0.3) is 0 Å². The van der Waals surface area contributed by atoms with Gasteiger partial charge in [0, 0.05) is 18.3 Å². The second-order valence-corrected chi connectivity index (χ2v) is 2.45. The molecule has 0 aliphatic heterocycles. The van der Waals surface area contributed by atoms with Crippen molar-refractivity contribution in [2.24, 2.45) is 12.2 Å². The zero-order valence-electron chi connectivity index (χ0n) is 6.87. The van der Waals surface area contributed by atoms with Crippen molar-refractivity contribution in [3.05, 3.63) is 17.0 Å². The molecule has 0 spiro atoms. The molecular formula is C7H11N3O. The van der Waals surface area contributed by atoms with Gasteiger partial charge in [-0.1, -0.05) is 5.16 Å². The lowest BCUT2D eigenvalue weighted by Crippen LogP contribution is -1.93. The van der Waals surface area contributed by atoms with Crippen LogP contribution in [0.1, 0.15) is 17.0 Å². The molecule has 60 valence electrons. The van der Waals surface area contributed by atoms with Crippen molar-refractivity contribution in [1.82, 2.24) is 9.78 Å². The Hall–Kier alpha value is -1.32. The van der Waals surface area contributed by atoms with Crippen LogP contribution in [0.5, 0.6) is 0 Å². The highest BCUT2D eigenvalue weighted by atomic mass is 16.4. The van der Waals surface area contributed by atoms with Crippen LogP contribution in [0.4, 0.5) is 0 Å². The van der Waals surface area contributed by atoms with Crippen LogP contribution in [-0.4, -0.2) is 21.2 Å². The molecular weight excluding hydrogens is 142 g/mol. The van der Waals surface area contributed by atoms with Crippen molar-refractivity contribution in [1.29, 1.82) is 0 Å². The van der Waals surface area contributed by atoms with E-state index in [0.29, 0.717) is 0 Å². The lowest BCUT2D eigenvalue weighted by molar-refractivity contribution is 0.322. The molecule has 0 saturated carbocycles. The molecule has 0 unspecified atom stereocenters. The molecule has 1 rings (SSSR count). The lowest BCUT2D eigenvalue weighted by atomic mass is 10.2. The molecule has 0 aromatic carbocycles. The second kappa shape index (κ2) is 2.74. The summed E-state index contributed by atoms with van der Waals surface area (Å²) >= 11 is 0. The molecule has 1 N–H and O–H groups in total. The summed E-state index contributed by atoms with van der Waals surface area (Å²) in [6.45, 7) is 3.81. The first-order valence-electron chi connectivity index (χ1n) is 3.34. The van der Waals surface area contributed by atoms with Gasteiger partial charge < -0.3 is 5.21 Å². The summed E-state index contributed by atoms with van der Waals surface area (Å²) in [6, 6.07) is 0. The Labute approximate surface area is 65.1 Å². The minimum atomic E-state index is 0.878. The third-order valence-corrected chi connectivity index (χ3v) is 1.75. The third kappa shape index (κ3) is 1.24. The lowest BCUT2D eigenvalue weighted by Gasteiger charge is -1.91.